The largest absolute Gasteiger partial charge is 0.361 e. The summed E-state index contributed by atoms with van der Waals surface area (Å²) in [6.07, 6.45) is 4.89. The lowest BCUT2D eigenvalue weighted by Crippen LogP contribution is -2.19. The fraction of sp³-hybridized carbons (Fsp3) is 0.538. The third kappa shape index (κ3) is 4.04. The molecule has 0 amide bonds. The van der Waals surface area contributed by atoms with Gasteiger partial charge in [0.25, 0.3) is 0 Å². The van der Waals surface area contributed by atoms with Gasteiger partial charge < -0.3 is 5.32 Å². The molecule has 0 aromatic carbocycles. The maximum absolute atomic E-state index is 4.54. The Bertz CT molecular complexity index is 376. The van der Waals surface area contributed by atoms with E-state index in [4.69, 9.17) is 0 Å². The average molecular weight is 249 g/mol. The van der Waals surface area contributed by atoms with Crippen molar-refractivity contribution in [3.8, 4) is 0 Å². The molecule has 0 fully saturated rings. The van der Waals surface area contributed by atoms with Crippen LogP contribution in [-0.4, -0.2) is 21.9 Å². The monoisotopic (exact) mass is 249 g/mol. The lowest BCUT2D eigenvalue weighted by Gasteiger charge is -2.11. The van der Waals surface area contributed by atoms with Gasteiger partial charge in [-0.15, -0.1) is 0 Å². The van der Waals surface area contributed by atoms with E-state index in [0.29, 0.717) is 5.25 Å². The highest BCUT2D eigenvalue weighted by Crippen LogP contribution is 2.25. The van der Waals surface area contributed by atoms with Gasteiger partial charge in [0.15, 0.2) is 5.17 Å². The van der Waals surface area contributed by atoms with Crippen molar-refractivity contribution in [1.82, 2.24) is 10.3 Å². The van der Waals surface area contributed by atoms with Gasteiger partial charge in [0.05, 0.1) is 6.54 Å². The smallest absolute Gasteiger partial charge is 0.157 e. The van der Waals surface area contributed by atoms with E-state index in [1.54, 1.807) is 0 Å². The zero-order chi connectivity index (χ0) is 12.1. The third-order valence-corrected chi connectivity index (χ3v) is 3.82. The Morgan fingerprint density at radius 1 is 1.41 bits per heavy atom. The van der Waals surface area contributed by atoms with Crippen LogP contribution in [0.1, 0.15) is 25.8 Å². The van der Waals surface area contributed by atoms with Crippen molar-refractivity contribution in [1.29, 1.82) is 0 Å². The highest BCUT2D eigenvalue weighted by molar-refractivity contribution is 8.14. The maximum Gasteiger partial charge on any atom is 0.157 e. The summed E-state index contributed by atoms with van der Waals surface area (Å²) in [6, 6.07) is 4.05. The van der Waals surface area contributed by atoms with E-state index in [0.717, 1.165) is 24.2 Å². The number of nitrogens with one attached hydrogen (secondary N) is 1. The summed E-state index contributed by atoms with van der Waals surface area (Å²) in [4.78, 5) is 8.54. The standard InChI is InChI=1S/C13H19N3S/c1-10(2)7-12-9-16-13(17-12)15-8-11-3-5-14-6-4-11/h3-6,10,12H,7-9H2,1-2H3,(H,15,16). The molecule has 3 nitrogen and oxygen atoms in total. The minimum absolute atomic E-state index is 0.662. The fourth-order valence-corrected chi connectivity index (χ4v) is 3.09. The van der Waals surface area contributed by atoms with Gasteiger partial charge >= 0.3 is 0 Å². The first kappa shape index (κ1) is 12.4. The molecule has 0 saturated heterocycles. The molecule has 1 unspecified atom stereocenters. The number of aliphatic imine (C=N–C) groups is 1. The number of amidine groups is 1. The van der Waals surface area contributed by atoms with Gasteiger partial charge in [0.1, 0.15) is 0 Å². The van der Waals surface area contributed by atoms with Crippen LogP contribution in [0.15, 0.2) is 29.5 Å². The van der Waals surface area contributed by atoms with Crippen LogP contribution in [0.2, 0.25) is 0 Å². The fourth-order valence-electron chi connectivity index (χ4n) is 1.84. The van der Waals surface area contributed by atoms with Crippen molar-refractivity contribution in [2.45, 2.75) is 32.1 Å². The van der Waals surface area contributed by atoms with E-state index in [2.05, 4.69) is 29.1 Å². The quantitative estimate of drug-likeness (QED) is 0.891. The van der Waals surface area contributed by atoms with Crippen molar-refractivity contribution in [2.24, 2.45) is 10.9 Å². The summed E-state index contributed by atoms with van der Waals surface area (Å²) in [5, 5.41) is 5.14. The van der Waals surface area contributed by atoms with E-state index in [1.165, 1.54) is 12.0 Å². The Hall–Kier alpha value is -1.03. The molecule has 1 N–H and O–H groups in total. The number of hydrogen-bond donors (Lipinski definition) is 1. The molecule has 1 aromatic heterocycles. The van der Waals surface area contributed by atoms with Crippen molar-refractivity contribution in [3.63, 3.8) is 0 Å². The Labute approximate surface area is 107 Å². The van der Waals surface area contributed by atoms with Crippen LogP contribution in [0.25, 0.3) is 0 Å². The summed E-state index contributed by atoms with van der Waals surface area (Å²) in [5.74, 6) is 0.752. The van der Waals surface area contributed by atoms with E-state index in [9.17, 15) is 0 Å². The first-order valence-electron chi connectivity index (χ1n) is 6.08. The van der Waals surface area contributed by atoms with Gasteiger partial charge in [-0.25, -0.2) is 0 Å². The lowest BCUT2D eigenvalue weighted by molar-refractivity contribution is 0.575. The summed E-state index contributed by atoms with van der Waals surface area (Å²) < 4.78 is 0. The highest BCUT2D eigenvalue weighted by Gasteiger charge is 2.20. The molecule has 92 valence electrons. The SMILES string of the molecule is CC(C)CC1CN=C(NCc2ccncc2)S1. The first-order chi connectivity index (χ1) is 8.24. The van der Waals surface area contributed by atoms with Gasteiger partial charge in [0, 0.05) is 24.2 Å². The molecule has 0 radical (unpaired) electrons. The third-order valence-electron chi connectivity index (χ3n) is 2.64. The molecular formula is C13H19N3S. The second-order valence-corrected chi connectivity index (χ2v) is 6.01. The predicted octanol–water partition coefficient (Wildman–Crippen LogP) is 2.69. The van der Waals surface area contributed by atoms with Crippen LogP contribution < -0.4 is 5.32 Å². The summed E-state index contributed by atoms with van der Waals surface area (Å²) >= 11 is 1.88. The number of nitrogens with zero attached hydrogens (tertiary/aromatic N) is 2. The highest BCUT2D eigenvalue weighted by atomic mass is 32.2. The zero-order valence-electron chi connectivity index (χ0n) is 10.4. The van der Waals surface area contributed by atoms with E-state index in [1.807, 2.05) is 36.3 Å². The van der Waals surface area contributed by atoms with E-state index < -0.39 is 0 Å². The Morgan fingerprint density at radius 3 is 2.88 bits per heavy atom. The molecule has 1 atom stereocenters. The number of rotatable bonds is 4. The first-order valence-corrected chi connectivity index (χ1v) is 6.96. The molecule has 0 bridgehead atoms. The molecule has 0 aliphatic carbocycles. The van der Waals surface area contributed by atoms with Crippen LogP contribution in [0.4, 0.5) is 0 Å². The minimum atomic E-state index is 0.662. The zero-order valence-corrected chi connectivity index (χ0v) is 11.2. The molecule has 1 aliphatic heterocycles. The molecule has 4 heteroatoms. The van der Waals surface area contributed by atoms with E-state index in [-0.39, 0.29) is 0 Å². The molecule has 0 saturated carbocycles. The average Bonchev–Trinajstić information content (AvgIpc) is 2.75. The molecule has 2 heterocycles. The van der Waals surface area contributed by atoms with Gasteiger partial charge in [-0.3, -0.25) is 9.98 Å². The van der Waals surface area contributed by atoms with Gasteiger partial charge in [-0.05, 0) is 30.0 Å². The molecule has 1 aromatic rings. The number of aromatic nitrogens is 1. The van der Waals surface area contributed by atoms with Crippen molar-refractivity contribution < 1.29 is 0 Å². The second kappa shape index (κ2) is 6.05. The Balaban J connectivity index is 1.75. The minimum Gasteiger partial charge on any atom is -0.361 e. The molecule has 0 spiro atoms. The van der Waals surface area contributed by atoms with Crippen LogP contribution in [0, 0.1) is 5.92 Å². The number of thioether (sulfide) groups is 1. The van der Waals surface area contributed by atoms with Crippen LogP contribution >= 0.6 is 11.8 Å². The maximum atomic E-state index is 4.54. The summed E-state index contributed by atoms with van der Waals surface area (Å²) in [5.41, 5.74) is 1.25. The van der Waals surface area contributed by atoms with E-state index >= 15 is 0 Å². The Kier molecular flexibility index (Phi) is 4.42. The molecular weight excluding hydrogens is 230 g/mol. The normalized spacial score (nSPS) is 19.5. The molecule has 2 rings (SSSR count). The summed E-state index contributed by atoms with van der Waals surface area (Å²) in [7, 11) is 0. The van der Waals surface area contributed by atoms with Crippen LogP contribution in [0.5, 0.6) is 0 Å². The second-order valence-electron chi connectivity index (χ2n) is 4.72. The van der Waals surface area contributed by atoms with Crippen molar-refractivity contribution in [2.75, 3.05) is 6.54 Å². The van der Waals surface area contributed by atoms with Gasteiger partial charge in [-0.2, -0.15) is 0 Å². The van der Waals surface area contributed by atoms with Gasteiger partial charge in [0.2, 0.25) is 0 Å². The van der Waals surface area contributed by atoms with Crippen LogP contribution in [-0.2, 0) is 6.54 Å². The predicted molar refractivity (Wildman–Crippen MR) is 74.2 cm³/mol. The van der Waals surface area contributed by atoms with Crippen LogP contribution in [0.3, 0.4) is 0 Å². The molecule has 1 aliphatic rings. The van der Waals surface area contributed by atoms with Gasteiger partial charge in [-0.1, -0.05) is 25.6 Å². The van der Waals surface area contributed by atoms with Crippen molar-refractivity contribution >= 4 is 16.9 Å². The Morgan fingerprint density at radius 2 is 2.18 bits per heavy atom. The topological polar surface area (TPSA) is 37.3 Å². The van der Waals surface area contributed by atoms with Crippen molar-refractivity contribution in [3.05, 3.63) is 30.1 Å². The number of hydrogen-bond acceptors (Lipinski definition) is 4. The molecule has 17 heavy (non-hydrogen) atoms. The summed E-state index contributed by atoms with van der Waals surface area (Å²) in [6.45, 7) is 6.33. The lowest BCUT2D eigenvalue weighted by atomic mass is 10.1. The number of pyridine rings is 1.